The Morgan fingerprint density at radius 1 is 1.10 bits per heavy atom. The third-order valence-electron chi connectivity index (χ3n) is 6.45. The fraction of sp³-hybridized carbons (Fsp3) is 0.619. The lowest BCUT2D eigenvalue weighted by molar-refractivity contribution is 0.196. The van der Waals surface area contributed by atoms with Crippen LogP contribution in [-0.2, 0) is 6.54 Å². The van der Waals surface area contributed by atoms with Gasteiger partial charge in [-0.15, -0.1) is 0 Å². The monoisotopic (exact) mass is 396 g/mol. The number of rotatable bonds is 5. The summed E-state index contributed by atoms with van der Waals surface area (Å²) in [7, 11) is 0. The van der Waals surface area contributed by atoms with Crippen molar-refractivity contribution < 1.29 is 4.42 Å². The van der Waals surface area contributed by atoms with Crippen LogP contribution in [0.25, 0.3) is 11.2 Å². The number of hydrogen-bond donors (Lipinski definition) is 1. The molecule has 1 atom stereocenters. The zero-order valence-electron chi connectivity index (χ0n) is 16.7. The van der Waals surface area contributed by atoms with Crippen molar-refractivity contribution >= 4 is 11.2 Å². The molecule has 2 aliphatic rings. The SMILES string of the molecule is O=c1oc2cccnc2n1CCN1CCC[C@H](c2n[nH]c(C3CCCCC3)n2)C1. The van der Waals surface area contributed by atoms with Gasteiger partial charge >= 0.3 is 5.76 Å². The van der Waals surface area contributed by atoms with Gasteiger partial charge in [-0.1, -0.05) is 19.3 Å². The van der Waals surface area contributed by atoms with E-state index in [1.54, 1.807) is 22.9 Å². The normalized spacial score (nSPS) is 21.7. The van der Waals surface area contributed by atoms with E-state index in [1.165, 1.54) is 32.1 Å². The van der Waals surface area contributed by atoms with Crippen LogP contribution in [0.15, 0.2) is 27.5 Å². The van der Waals surface area contributed by atoms with Crippen LogP contribution >= 0.6 is 0 Å². The molecule has 4 heterocycles. The zero-order valence-corrected chi connectivity index (χ0v) is 16.7. The quantitative estimate of drug-likeness (QED) is 0.713. The summed E-state index contributed by atoms with van der Waals surface area (Å²) in [6.45, 7) is 3.34. The summed E-state index contributed by atoms with van der Waals surface area (Å²) >= 11 is 0. The van der Waals surface area contributed by atoms with Crippen LogP contribution in [0.4, 0.5) is 0 Å². The fourth-order valence-corrected chi connectivity index (χ4v) is 4.84. The Bertz CT molecular complexity index is 1020. The second-order valence-electron chi connectivity index (χ2n) is 8.40. The summed E-state index contributed by atoms with van der Waals surface area (Å²) in [5.41, 5.74) is 1.17. The molecule has 1 aliphatic heterocycles. The number of piperidine rings is 1. The summed E-state index contributed by atoms with van der Waals surface area (Å²) in [4.78, 5) is 23.8. The van der Waals surface area contributed by atoms with E-state index < -0.39 is 0 Å². The Hall–Kier alpha value is -2.48. The van der Waals surface area contributed by atoms with Gasteiger partial charge in [0.15, 0.2) is 17.1 Å². The average molecular weight is 396 g/mol. The maximum atomic E-state index is 12.2. The highest BCUT2D eigenvalue weighted by molar-refractivity contribution is 5.67. The second-order valence-corrected chi connectivity index (χ2v) is 8.40. The number of aromatic nitrogens is 5. The van der Waals surface area contributed by atoms with Crippen LogP contribution in [0.3, 0.4) is 0 Å². The van der Waals surface area contributed by atoms with E-state index in [9.17, 15) is 4.79 Å². The molecule has 5 rings (SSSR count). The minimum Gasteiger partial charge on any atom is -0.406 e. The third kappa shape index (κ3) is 3.85. The third-order valence-corrected chi connectivity index (χ3v) is 6.45. The van der Waals surface area contributed by atoms with Gasteiger partial charge in [0, 0.05) is 37.7 Å². The second kappa shape index (κ2) is 8.10. The number of H-pyrrole nitrogens is 1. The van der Waals surface area contributed by atoms with Gasteiger partial charge in [-0.2, -0.15) is 5.10 Å². The number of oxazole rings is 1. The Kier molecular flexibility index (Phi) is 5.18. The maximum Gasteiger partial charge on any atom is 0.421 e. The first kappa shape index (κ1) is 18.5. The number of pyridine rings is 1. The van der Waals surface area contributed by atoms with Crippen LogP contribution in [0.2, 0.25) is 0 Å². The molecule has 0 aromatic carbocycles. The van der Waals surface area contributed by atoms with Crippen molar-refractivity contribution in [3.8, 4) is 0 Å². The number of aromatic amines is 1. The molecule has 0 bridgehead atoms. The number of nitrogens with one attached hydrogen (secondary N) is 1. The van der Waals surface area contributed by atoms with E-state index in [2.05, 4.69) is 20.1 Å². The summed E-state index contributed by atoms with van der Waals surface area (Å²) in [5, 5.41) is 7.80. The Morgan fingerprint density at radius 2 is 1.97 bits per heavy atom. The lowest BCUT2D eigenvalue weighted by Gasteiger charge is -2.31. The molecule has 2 fully saturated rings. The lowest BCUT2D eigenvalue weighted by Crippen LogP contribution is -2.37. The highest BCUT2D eigenvalue weighted by Gasteiger charge is 2.26. The molecule has 29 heavy (non-hydrogen) atoms. The summed E-state index contributed by atoms with van der Waals surface area (Å²) < 4.78 is 6.92. The molecular weight excluding hydrogens is 368 g/mol. The highest BCUT2D eigenvalue weighted by atomic mass is 16.4. The van der Waals surface area contributed by atoms with Gasteiger partial charge in [-0.05, 0) is 44.4 Å². The number of nitrogens with zero attached hydrogens (tertiary/aromatic N) is 5. The number of hydrogen-bond acceptors (Lipinski definition) is 6. The predicted octanol–water partition coefficient (Wildman–Crippen LogP) is 3.03. The van der Waals surface area contributed by atoms with Gasteiger partial charge in [0.05, 0.1) is 0 Å². The predicted molar refractivity (Wildman–Crippen MR) is 109 cm³/mol. The van der Waals surface area contributed by atoms with Crippen molar-refractivity contribution in [2.75, 3.05) is 19.6 Å². The highest BCUT2D eigenvalue weighted by Crippen LogP contribution is 2.32. The smallest absolute Gasteiger partial charge is 0.406 e. The Balaban J connectivity index is 1.23. The number of fused-ring (bicyclic) bond motifs is 1. The van der Waals surface area contributed by atoms with E-state index >= 15 is 0 Å². The molecule has 0 unspecified atom stereocenters. The molecular formula is C21H28N6O2. The van der Waals surface area contributed by atoms with Crippen LogP contribution in [0.5, 0.6) is 0 Å². The first-order valence-corrected chi connectivity index (χ1v) is 10.9. The topological polar surface area (TPSA) is 92.8 Å². The van der Waals surface area contributed by atoms with Gasteiger partial charge in [0.1, 0.15) is 5.82 Å². The minimum absolute atomic E-state index is 0.335. The molecule has 3 aromatic rings. The van der Waals surface area contributed by atoms with Crippen LogP contribution < -0.4 is 5.76 Å². The average Bonchev–Trinajstić information content (AvgIpc) is 3.38. The summed E-state index contributed by atoms with van der Waals surface area (Å²) in [6.07, 6.45) is 10.3. The molecule has 0 radical (unpaired) electrons. The van der Waals surface area contributed by atoms with Gasteiger partial charge in [0.25, 0.3) is 0 Å². The van der Waals surface area contributed by atoms with Crippen molar-refractivity contribution in [1.82, 2.24) is 29.6 Å². The van der Waals surface area contributed by atoms with Crippen LogP contribution in [0, 0.1) is 0 Å². The summed E-state index contributed by atoms with van der Waals surface area (Å²) in [5.74, 6) is 2.62. The van der Waals surface area contributed by atoms with Crippen molar-refractivity contribution in [2.45, 2.75) is 63.3 Å². The first-order valence-electron chi connectivity index (χ1n) is 10.9. The number of likely N-dealkylation sites (tertiary alicyclic amines) is 1. The van der Waals surface area contributed by atoms with Crippen molar-refractivity contribution in [3.05, 3.63) is 40.5 Å². The minimum atomic E-state index is -0.335. The molecule has 3 aromatic heterocycles. The molecule has 1 saturated carbocycles. The fourth-order valence-electron chi connectivity index (χ4n) is 4.84. The van der Waals surface area contributed by atoms with E-state index in [4.69, 9.17) is 9.40 Å². The first-order chi connectivity index (χ1) is 14.3. The van der Waals surface area contributed by atoms with Gasteiger partial charge < -0.3 is 9.32 Å². The van der Waals surface area contributed by atoms with Crippen molar-refractivity contribution in [3.63, 3.8) is 0 Å². The molecule has 154 valence electrons. The molecule has 1 saturated heterocycles. The maximum absolute atomic E-state index is 12.2. The zero-order chi connectivity index (χ0) is 19.6. The van der Waals surface area contributed by atoms with Crippen molar-refractivity contribution in [1.29, 1.82) is 0 Å². The van der Waals surface area contributed by atoms with Gasteiger partial charge in [-0.25, -0.2) is 14.8 Å². The van der Waals surface area contributed by atoms with Crippen molar-refractivity contribution in [2.24, 2.45) is 0 Å². The lowest BCUT2D eigenvalue weighted by atomic mass is 9.89. The molecule has 1 N–H and O–H groups in total. The molecule has 1 aliphatic carbocycles. The largest absolute Gasteiger partial charge is 0.421 e. The van der Waals surface area contributed by atoms with E-state index in [0.29, 0.717) is 29.6 Å². The van der Waals surface area contributed by atoms with E-state index in [1.807, 2.05) is 0 Å². The molecule has 0 amide bonds. The standard InChI is InChI=1S/C21H28N6O2/c28-21-27(20-17(29-21)9-4-10-22-20)13-12-26-11-5-8-16(14-26)19-23-18(24-25-19)15-6-2-1-3-7-15/h4,9-10,15-16H,1-3,5-8,11-14H2,(H,23,24,25)/t16-/m0/s1. The Morgan fingerprint density at radius 3 is 2.86 bits per heavy atom. The molecule has 0 spiro atoms. The van der Waals surface area contributed by atoms with Gasteiger partial charge in [0.2, 0.25) is 0 Å². The molecule has 8 nitrogen and oxygen atoms in total. The summed E-state index contributed by atoms with van der Waals surface area (Å²) in [6, 6.07) is 3.56. The molecule has 8 heteroatoms. The van der Waals surface area contributed by atoms with Crippen LogP contribution in [0.1, 0.15) is 68.4 Å². The van der Waals surface area contributed by atoms with E-state index in [0.717, 1.165) is 44.1 Å². The van der Waals surface area contributed by atoms with Crippen LogP contribution in [-0.4, -0.2) is 49.3 Å². The van der Waals surface area contributed by atoms with Gasteiger partial charge in [-0.3, -0.25) is 9.67 Å². The van der Waals surface area contributed by atoms with E-state index in [-0.39, 0.29) is 5.76 Å². The Labute approximate surface area is 169 Å².